The summed E-state index contributed by atoms with van der Waals surface area (Å²) >= 11 is 2.23. The number of aromatic nitrogens is 1. The second-order valence-corrected chi connectivity index (χ2v) is 6.00. The Labute approximate surface area is 142 Å². The molecule has 1 N–H and O–H groups in total. The van der Waals surface area contributed by atoms with Crippen LogP contribution in [-0.4, -0.2) is 10.9 Å². The topological polar surface area (TPSA) is 42.0 Å². The predicted molar refractivity (Wildman–Crippen MR) is 98.6 cm³/mol. The minimum atomic E-state index is -0.158. The van der Waals surface area contributed by atoms with Crippen LogP contribution in [0.15, 0.2) is 66.9 Å². The lowest BCUT2D eigenvalue weighted by atomic mass is 10.1. The van der Waals surface area contributed by atoms with E-state index in [-0.39, 0.29) is 5.91 Å². The average Bonchev–Trinajstić information content (AvgIpc) is 2.55. The van der Waals surface area contributed by atoms with Crippen molar-refractivity contribution in [2.24, 2.45) is 0 Å². The highest BCUT2D eigenvalue weighted by molar-refractivity contribution is 14.1. The van der Waals surface area contributed by atoms with Crippen LogP contribution >= 0.6 is 22.6 Å². The molecule has 1 amide bonds. The van der Waals surface area contributed by atoms with E-state index in [1.807, 2.05) is 54.6 Å². The van der Waals surface area contributed by atoms with Gasteiger partial charge in [-0.3, -0.25) is 9.78 Å². The van der Waals surface area contributed by atoms with Gasteiger partial charge in [-0.15, -0.1) is 0 Å². The van der Waals surface area contributed by atoms with Gasteiger partial charge in [-0.2, -0.15) is 0 Å². The van der Waals surface area contributed by atoms with E-state index < -0.39 is 0 Å². The Bertz CT molecular complexity index is 836. The average molecular weight is 400 g/mol. The number of anilines is 1. The molecule has 0 spiro atoms. The molecule has 108 valence electrons. The van der Waals surface area contributed by atoms with E-state index in [9.17, 15) is 4.79 Å². The van der Waals surface area contributed by atoms with E-state index >= 15 is 0 Å². The van der Waals surface area contributed by atoms with E-state index in [1.54, 1.807) is 12.3 Å². The molecule has 0 unspecified atom stereocenters. The van der Waals surface area contributed by atoms with Crippen LogP contribution < -0.4 is 5.32 Å². The van der Waals surface area contributed by atoms with Crippen LogP contribution in [0.1, 0.15) is 5.56 Å². The number of hydrogen-bond acceptors (Lipinski definition) is 2. The molecule has 22 heavy (non-hydrogen) atoms. The smallest absolute Gasteiger partial charge is 0.248 e. The van der Waals surface area contributed by atoms with Gasteiger partial charge in [0.05, 0.1) is 5.52 Å². The quantitative estimate of drug-likeness (QED) is 0.520. The number of nitrogens with one attached hydrogen (secondary N) is 1. The Morgan fingerprint density at radius 2 is 1.82 bits per heavy atom. The third kappa shape index (κ3) is 3.51. The van der Waals surface area contributed by atoms with Gasteiger partial charge in [0, 0.05) is 32.5 Å². The molecule has 1 heterocycles. The number of nitrogens with zero attached hydrogens (tertiary/aromatic N) is 1. The van der Waals surface area contributed by atoms with Gasteiger partial charge >= 0.3 is 0 Å². The van der Waals surface area contributed by atoms with Crippen molar-refractivity contribution in [1.29, 1.82) is 0 Å². The van der Waals surface area contributed by atoms with Crippen LogP contribution in [-0.2, 0) is 4.79 Å². The summed E-state index contributed by atoms with van der Waals surface area (Å²) in [5.41, 5.74) is 2.60. The van der Waals surface area contributed by atoms with Crippen molar-refractivity contribution in [3.05, 3.63) is 76.0 Å². The van der Waals surface area contributed by atoms with Gasteiger partial charge < -0.3 is 5.32 Å². The number of benzene rings is 2. The van der Waals surface area contributed by atoms with Crippen molar-refractivity contribution in [2.75, 3.05) is 5.32 Å². The highest BCUT2D eigenvalue weighted by Gasteiger charge is 2.00. The number of rotatable bonds is 3. The molecule has 0 aliphatic rings. The highest BCUT2D eigenvalue weighted by atomic mass is 127. The van der Waals surface area contributed by atoms with Gasteiger partial charge in [0.15, 0.2) is 0 Å². The normalized spacial score (nSPS) is 11.0. The Kier molecular flexibility index (Phi) is 4.48. The monoisotopic (exact) mass is 400 g/mol. The maximum Gasteiger partial charge on any atom is 0.248 e. The zero-order chi connectivity index (χ0) is 15.4. The van der Waals surface area contributed by atoms with Gasteiger partial charge in [0.1, 0.15) is 0 Å². The summed E-state index contributed by atoms with van der Waals surface area (Å²) in [6.07, 6.45) is 5.07. The number of fused-ring (bicyclic) bond motifs is 1. The van der Waals surface area contributed by atoms with Gasteiger partial charge in [0.25, 0.3) is 0 Å². The van der Waals surface area contributed by atoms with Gasteiger partial charge in [-0.1, -0.05) is 24.3 Å². The Balaban J connectivity index is 1.78. The fraction of sp³-hybridized carbons (Fsp3) is 0. The van der Waals surface area contributed by atoms with Crippen molar-refractivity contribution in [3.8, 4) is 0 Å². The molecule has 0 aliphatic heterocycles. The summed E-state index contributed by atoms with van der Waals surface area (Å²) in [6, 6.07) is 17.5. The van der Waals surface area contributed by atoms with E-state index in [4.69, 9.17) is 0 Å². The molecule has 3 aromatic rings. The van der Waals surface area contributed by atoms with Crippen LogP contribution in [0.2, 0.25) is 0 Å². The lowest BCUT2D eigenvalue weighted by Gasteiger charge is -2.03. The second kappa shape index (κ2) is 6.70. The molecule has 0 radical (unpaired) electrons. The molecule has 0 fully saturated rings. The molecule has 4 heteroatoms. The molecule has 0 aliphatic carbocycles. The van der Waals surface area contributed by atoms with Gasteiger partial charge in [-0.25, -0.2) is 0 Å². The third-order valence-electron chi connectivity index (χ3n) is 3.19. The van der Waals surface area contributed by atoms with Crippen molar-refractivity contribution >= 4 is 51.2 Å². The van der Waals surface area contributed by atoms with Crippen LogP contribution in [0, 0.1) is 3.57 Å². The molecule has 0 saturated carbocycles. The number of carbonyl (C=O) groups excluding carboxylic acids is 1. The van der Waals surface area contributed by atoms with E-state index in [0.29, 0.717) is 0 Å². The van der Waals surface area contributed by atoms with Crippen molar-refractivity contribution in [2.45, 2.75) is 0 Å². The molecule has 3 rings (SSSR count). The van der Waals surface area contributed by atoms with Crippen LogP contribution in [0.5, 0.6) is 0 Å². The van der Waals surface area contributed by atoms with Crippen LogP contribution in [0.25, 0.3) is 17.0 Å². The third-order valence-corrected chi connectivity index (χ3v) is 3.91. The molecule has 2 aromatic carbocycles. The first-order chi connectivity index (χ1) is 10.7. The van der Waals surface area contributed by atoms with E-state index in [2.05, 4.69) is 32.9 Å². The summed E-state index contributed by atoms with van der Waals surface area (Å²) in [5.74, 6) is -0.158. The summed E-state index contributed by atoms with van der Waals surface area (Å²) in [4.78, 5) is 16.4. The summed E-state index contributed by atoms with van der Waals surface area (Å²) in [5, 5.41) is 3.90. The van der Waals surface area contributed by atoms with Crippen molar-refractivity contribution in [1.82, 2.24) is 4.98 Å². The van der Waals surface area contributed by atoms with Crippen molar-refractivity contribution in [3.63, 3.8) is 0 Å². The van der Waals surface area contributed by atoms with Crippen LogP contribution in [0.3, 0.4) is 0 Å². The number of para-hydroxylation sites is 1. The zero-order valence-electron chi connectivity index (χ0n) is 11.7. The number of amides is 1. The number of carbonyl (C=O) groups is 1. The zero-order valence-corrected chi connectivity index (χ0v) is 13.8. The largest absolute Gasteiger partial charge is 0.323 e. The lowest BCUT2D eigenvalue weighted by molar-refractivity contribution is -0.111. The summed E-state index contributed by atoms with van der Waals surface area (Å²) < 4.78 is 1.13. The first kappa shape index (κ1) is 14.7. The van der Waals surface area contributed by atoms with Gasteiger partial charge in [0.2, 0.25) is 5.91 Å². The molecule has 1 aromatic heterocycles. The maximum atomic E-state index is 12.0. The fourth-order valence-corrected chi connectivity index (χ4v) is 2.50. The fourth-order valence-electron chi connectivity index (χ4n) is 2.14. The lowest BCUT2D eigenvalue weighted by Crippen LogP contribution is -2.07. The highest BCUT2D eigenvalue weighted by Crippen LogP contribution is 2.17. The SMILES string of the molecule is O=C(C=Cc1cccc2cccnc12)Nc1ccc(I)cc1. The van der Waals surface area contributed by atoms with Crippen molar-refractivity contribution < 1.29 is 4.79 Å². The number of hydrogen-bond donors (Lipinski definition) is 1. The second-order valence-electron chi connectivity index (χ2n) is 4.75. The minimum absolute atomic E-state index is 0.158. The van der Waals surface area contributed by atoms with E-state index in [0.717, 1.165) is 25.7 Å². The standard InChI is InChI=1S/C18H13IN2O/c19-15-7-9-16(10-8-15)21-17(22)11-6-14-4-1-3-13-5-2-12-20-18(13)14/h1-12H,(H,21,22). The number of pyridine rings is 1. The maximum absolute atomic E-state index is 12.0. The molecule has 0 bridgehead atoms. The predicted octanol–water partition coefficient (Wildman–Crippen LogP) is 4.49. The molecular weight excluding hydrogens is 387 g/mol. The summed E-state index contributed by atoms with van der Waals surface area (Å²) in [7, 11) is 0. The molecule has 0 atom stereocenters. The molecule has 3 nitrogen and oxygen atoms in total. The minimum Gasteiger partial charge on any atom is -0.323 e. The Morgan fingerprint density at radius 1 is 1.05 bits per heavy atom. The molecule has 0 saturated heterocycles. The number of halogens is 1. The first-order valence-electron chi connectivity index (χ1n) is 6.81. The molecular formula is C18H13IN2O. The Morgan fingerprint density at radius 3 is 2.64 bits per heavy atom. The van der Waals surface area contributed by atoms with Gasteiger partial charge in [-0.05, 0) is 59.0 Å². The van der Waals surface area contributed by atoms with E-state index in [1.165, 1.54) is 6.08 Å². The summed E-state index contributed by atoms with van der Waals surface area (Å²) in [6.45, 7) is 0. The first-order valence-corrected chi connectivity index (χ1v) is 7.89. The van der Waals surface area contributed by atoms with Crippen LogP contribution in [0.4, 0.5) is 5.69 Å². The Hall–Kier alpha value is -2.21.